The Morgan fingerprint density at radius 3 is 2.32 bits per heavy atom. The molecule has 1 aliphatic rings. The number of aliphatic carboxylic acids is 1. The summed E-state index contributed by atoms with van der Waals surface area (Å²) >= 11 is 1.58. The van der Waals surface area contributed by atoms with Crippen molar-refractivity contribution in [3.8, 4) is 10.4 Å². The molecular weight excluding hydrogens is 544 g/mol. The van der Waals surface area contributed by atoms with E-state index in [0.29, 0.717) is 12.8 Å². The van der Waals surface area contributed by atoms with Crippen LogP contribution >= 0.6 is 11.3 Å². The Balaban J connectivity index is 1.58. The Labute approximate surface area is 245 Å². The predicted octanol–water partition coefficient (Wildman–Crippen LogP) is 3.65. The fraction of sp³-hybridized carbons (Fsp3) is 0.567. The number of nitrogens with one attached hydrogen (secondary N) is 2. The molecule has 1 aromatic carbocycles. The summed E-state index contributed by atoms with van der Waals surface area (Å²) in [5.41, 5.74) is 4.12. The topological polar surface area (TPSA) is 149 Å². The maximum absolute atomic E-state index is 13.7. The molecule has 224 valence electrons. The van der Waals surface area contributed by atoms with Crippen molar-refractivity contribution in [2.75, 3.05) is 6.54 Å². The average Bonchev–Trinajstić information content (AvgIpc) is 3.52. The number of likely N-dealkylation sites (tertiary alicyclic amines) is 1. The summed E-state index contributed by atoms with van der Waals surface area (Å²) in [6.45, 7) is 7.81. The molecule has 3 amide bonds. The molecule has 1 saturated heterocycles. The van der Waals surface area contributed by atoms with Crippen molar-refractivity contribution in [1.82, 2.24) is 20.5 Å². The third-order valence-electron chi connectivity index (χ3n) is 7.26. The van der Waals surface area contributed by atoms with E-state index in [1.165, 1.54) is 4.90 Å². The van der Waals surface area contributed by atoms with Crippen molar-refractivity contribution in [3.05, 3.63) is 41.0 Å². The van der Waals surface area contributed by atoms with Gasteiger partial charge in [0.1, 0.15) is 12.1 Å². The molecule has 0 radical (unpaired) electrons. The molecule has 3 rings (SSSR count). The minimum atomic E-state index is -0.870. The van der Waals surface area contributed by atoms with Gasteiger partial charge in [0.25, 0.3) is 0 Å². The zero-order valence-electron chi connectivity index (χ0n) is 24.3. The molecule has 1 aromatic heterocycles. The molecule has 1 unspecified atom stereocenters. The lowest BCUT2D eigenvalue weighted by Gasteiger charge is -2.35. The van der Waals surface area contributed by atoms with Gasteiger partial charge in [-0.1, -0.05) is 57.9 Å². The molecule has 3 atom stereocenters. The van der Waals surface area contributed by atoms with Crippen LogP contribution in [0, 0.1) is 12.3 Å². The van der Waals surface area contributed by atoms with Gasteiger partial charge in [-0.15, -0.1) is 11.3 Å². The number of hydrogen-bond acceptors (Lipinski definition) is 7. The summed E-state index contributed by atoms with van der Waals surface area (Å²) in [6, 6.07) is 6.16. The second-order valence-electron chi connectivity index (χ2n) is 11.8. The van der Waals surface area contributed by atoms with Crippen molar-refractivity contribution in [1.29, 1.82) is 0 Å². The molecule has 1 fully saturated rings. The summed E-state index contributed by atoms with van der Waals surface area (Å²) in [5, 5.41) is 24.9. The molecular formula is C30H42N4O6S. The Morgan fingerprint density at radius 1 is 1.07 bits per heavy atom. The van der Waals surface area contributed by atoms with E-state index in [1.807, 2.05) is 57.5 Å². The Bertz CT molecular complexity index is 1210. The van der Waals surface area contributed by atoms with E-state index < -0.39 is 35.5 Å². The van der Waals surface area contributed by atoms with Crippen LogP contribution in [0.4, 0.5) is 0 Å². The number of rotatable bonds is 13. The second kappa shape index (κ2) is 14.5. The number of hydrogen-bond donors (Lipinski definition) is 4. The van der Waals surface area contributed by atoms with Gasteiger partial charge in [-0.3, -0.25) is 19.2 Å². The van der Waals surface area contributed by atoms with Crippen molar-refractivity contribution in [3.63, 3.8) is 0 Å². The number of amides is 3. The highest BCUT2D eigenvalue weighted by Gasteiger charge is 2.44. The van der Waals surface area contributed by atoms with E-state index in [-0.39, 0.29) is 44.2 Å². The monoisotopic (exact) mass is 586 g/mol. The number of aryl methyl sites for hydroxylation is 1. The van der Waals surface area contributed by atoms with E-state index in [9.17, 15) is 24.3 Å². The van der Waals surface area contributed by atoms with Crippen LogP contribution in [0.1, 0.15) is 77.0 Å². The highest BCUT2D eigenvalue weighted by molar-refractivity contribution is 7.13. The maximum atomic E-state index is 13.7. The van der Waals surface area contributed by atoms with Crippen LogP contribution in [0.3, 0.4) is 0 Å². The van der Waals surface area contributed by atoms with Crippen LogP contribution in [0.5, 0.6) is 0 Å². The van der Waals surface area contributed by atoms with Crippen molar-refractivity contribution in [2.45, 2.75) is 97.4 Å². The van der Waals surface area contributed by atoms with Gasteiger partial charge in [0.05, 0.1) is 22.2 Å². The SMILES string of the molecule is Cc1ncsc1-c1ccc(CNC(=O)[C@@H]2CC(O)CN2C(=O)[C@@H](NC(=O)CCCCCCC(=O)O)C(C)(C)C)cc1. The van der Waals surface area contributed by atoms with Gasteiger partial charge in [-0.25, -0.2) is 4.98 Å². The molecule has 11 heteroatoms. The number of carboxylic acids is 1. The fourth-order valence-electron chi connectivity index (χ4n) is 4.93. The standard InChI is InChI=1S/C30H42N4O6S/c1-19-26(41-18-32-19)21-13-11-20(12-14-21)16-31-28(39)23-15-22(35)17-34(23)29(40)27(30(2,3)4)33-24(36)9-7-5-6-8-10-25(37)38/h11-14,18,22-23,27,35H,5-10,15-17H2,1-4H3,(H,31,39)(H,33,36)(H,37,38)/t22?,23-,27+/m0/s1. The lowest BCUT2D eigenvalue weighted by Crippen LogP contribution is -2.57. The highest BCUT2D eigenvalue weighted by Crippen LogP contribution is 2.28. The minimum absolute atomic E-state index is 0.0197. The Hall–Kier alpha value is -3.31. The summed E-state index contributed by atoms with van der Waals surface area (Å²) < 4.78 is 0. The predicted molar refractivity (Wildman–Crippen MR) is 157 cm³/mol. The van der Waals surface area contributed by atoms with Gasteiger partial charge in [0.15, 0.2) is 0 Å². The molecule has 0 spiro atoms. The van der Waals surface area contributed by atoms with Crippen molar-refractivity contribution in [2.24, 2.45) is 5.41 Å². The maximum Gasteiger partial charge on any atom is 0.303 e. The van der Waals surface area contributed by atoms with Gasteiger partial charge >= 0.3 is 5.97 Å². The van der Waals surface area contributed by atoms with Crippen LogP contribution in [0.2, 0.25) is 0 Å². The van der Waals surface area contributed by atoms with Gasteiger partial charge < -0.3 is 25.7 Å². The normalized spacial score (nSPS) is 17.7. The number of aliphatic hydroxyl groups excluding tert-OH is 1. The molecule has 10 nitrogen and oxygen atoms in total. The van der Waals surface area contributed by atoms with Crippen LogP contribution < -0.4 is 10.6 Å². The van der Waals surface area contributed by atoms with E-state index in [2.05, 4.69) is 15.6 Å². The lowest BCUT2D eigenvalue weighted by atomic mass is 9.85. The number of carbonyl (C=O) groups is 4. The third-order valence-corrected chi connectivity index (χ3v) is 8.23. The third kappa shape index (κ3) is 9.36. The van der Waals surface area contributed by atoms with E-state index >= 15 is 0 Å². The van der Waals surface area contributed by atoms with Crippen LogP contribution in [0.15, 0.2) is 29.8 Å². The molecule has 0 saturated carbocycles. The molecule has 2 heterocycles. The number of β-amino-alcohol motifs (C(OH)–C–C–N with tert-alkyl or cyclic N) is 1. The highest BCUT2D eigenvalue weighted by atomic mass is 32.1. The minimum Gasteiger partial charge on any atom is -0.481 e. The van der Waals surface area contributed by atoms with Crippen LogP contribution in [0.25, 0.3) is 10.4 Å². The molecule has 41 heavy (non-hydrogen) atoms. The number of aliphatic hydroxyl groups is 1. The van der Waals surface area contributed by atoms with Crippen molar-refractivity contribution < 1.29 is 29.4 Å². The molecule has 0 aliphatic carbocycles. The van der Waals surface area contributed by atoms with E-state index in [4.69, 9.17) is 5.11 Å². The fourth-order valence-corrected chi connectivity index (χ4v) is 5.74. The number of aromatic nitrogens is 1. The molecule has 4 N–H and O–H groups in total. The first-order valence-corrected chi connectivity index (χ1v) is 15.0. The zero-order chi connectivity index (χ0) is 30.2. The largest absolute Gasteiger partial charge is 0.481 e. The van der Waals surface area contributed by atoms with E-state index in [1.54, 1.807) is 11.3 Å². The Kier molecular flexibility index (Phi) is 11.4. The number of carbonyl (C=O) groups excluding carboxylic acids is 3. The first-order chi connectivity index (χ1) is 19.4. The first-order valence-electron chi connectivity index (χ1n) is 14.1. The first kappa shape index (κ1) is 32.2. The van der Waals surface area contributed by atoms with Gasteiger partial charge in [-0.05, 0) is 36.3 Å². The van der Waals surface area contributed by atoms with E-state index in [0.717, 1.165) is 34.5 Å². The molecule has 1 aliphatic heterocycles. The van der Waals surface area contributed by atoms with Gasteiger partial charge in [0, 0.05) is 32.4 Å². The van der Waals surface area contributed by atoms with Gasteiger partial charge in [-0.2, -0.15) is 0 Å². The second-order valence-corrected chi connectivity index (χ2v) is 12.6. The number of thiazole rings is 1. The summed E-state index contributed by atoms with van der Waals surface area (Å²) in [7, 11) is 0. The number of carboxylic acid groups (broad SMARTS) is 1. The van der Waals surface area contributed by atoms with Gasteiger partial charge in [0.2, 0.25) is 17.7 Å². The number of unbranched alkanes of at least 4 members (excludes halogenated alkanes) is 3. The number of nitrogens with zero attached hydrogens (tertiary/aromatic N) is 2. The Morgan fingerprint density at radius 2 is 1.73 bits per heavy atom. The summed E-state index contributed by atoms with van der Waals surface area (Å²) in [6.07, 6.45) is 2.24. The quantitative estimate of drug-likeness (QED) is 0.262. The summed E-state index contributed by atoms with van der Waals surface area (Å²) in [5.74, 6) is -1.84. The number of benzene rings is 1. The average molecular weight is 587 g/mol. The zero-order valence-corrected chi connectivity index (χ0v) is 25.1. The molecule has 0 bridgehead atoms. The van der Waals surface area contributed by atoms with Crippen molar-refractivity contribution >= 4 is 35.0 Å². The van der Waals surface area contributed by atoms with Crippen LogP contribution in [-0.2, 0) is 25.7 Å². The molecule has 2 aromatic rings. The smallest absolute Gasteiger partial charge is 0.303 e. The lowest BCUT2D eigenvalue weighted by molar-refractivity contribution is -0.144. The summed E-state index contributed by atoms with van der Waals surface area (Å²) in [4.78, 5) is 57.0. The van der Waals surface area contributed by atoms with Crippen LogP contribution in [-0.4, -0.2) is 68.5 Å².